The highest BCUT2D eigenvalue weighted by atomic mass is 31.2. The van der Waals surface area contributed by atoms with Crippen LogP contribution >= 0.6 is 15.6 Å². The lowest BCUT2D eigenvalue weighted by molar-refractivity contribution is -0.161. The molecule has 0 spiro atoms. The molecule has 0 aromatic heterocycles. The van der Waals surface area contributed by atoms with Crippen molar-refractivity contribution in [2.24, 2.45) is 0 Å². The third-order valence-corrected chi connectivity index (χ3v) is 16.1. The number of allylic oxidation sites excluding steroid dienone is 36. The van der Waals surface area contributed by atoms with Crippen LogP contribution in [0.1, 0.15) is 226 Å². The summed E-state index contributed by atoms with van der Waals surface area (Å²) in [5, 5.41) is 20.6. The third kappa shape index (κ3) is 74.9. The molecular weight excluding hydrogens is 1310 g/mol. The van der Waals surface area contributed by atoms with Gasteiger partial charge in [0.25, 0.3) is 0 Å². The number of aliphatic hydroxyl groups excluding tert-OH is 2. The molecule has 0 aliphatic rings. The van der Waals surface area contributed by atoms with Crippen LogP contribution < -0.4 is 0 Å². The van der Waals surface area contributed by atoms with Crippen LogP contribution in [0.5, 0.6) is 0 Å². The second-order valence-corrected chi connectivity index (χ2v) is 26.5. The van der Waals surface area contributed by atoms with E-state index >= 15 is 0 Å². The van der Waals surface area contributed by atoms with Crippen LogP contribution in [0.25, 0.3) is 0 Å². The molecule has 16 nitrogen and oxygen atoms in total. The Hall–Kier alpha value is -6.13. The van der Waals surface area contributed by atoms with Gasteiger partial charge < -0.3 is 34.2 Å². The largest absolute Gasteiger partial charge is 0.472 e. The van der Waals surface area contributed by atoms with Crippen LogP contribution in [0, 0.1) is 0 Å². The summed E-state index contributed by atoms with van der Waals surface area (Å²) in [4.78, 5) is 58.6. The SMILES string of the molecule is CC/C=C\C/C=C\C/C=C\C/C=C\C/C=C\C/C=C\CCCCCCC(=O)OCC(O)COP(=O)(O)OCC(O)COP(=O)(O)OCC(COC(=O)CCCCCC/C=C\C/C=C\C/C=C\C/C=C\C/C=C\C/C=C\CC)OC(=O)CC/C=C\C/C=C\C/C=C\C/C=C\C/C=C\C/C=C\CC. The van der Waals surface area contributed by atoms with E-state index in [0.717, 1.165) is 161 Å². The van der Waals surface area contributed by atoms with Crippen molar-refractivity contribution < 1.29 is 75.8 Å². The third-order valence-electron chi connectivity index (χ3n) is 14.2. The molecule has 0 aliphatic heterocycles. The van der Waals surface area contributed by atoms with Crippen LogP contribution in [0.15, 0.2) is 219 Å². The lowest BCUT2D eigenvalue weighted by Gasteiger charge is -2.21. The van der Waals surface area contributed by atoms with Crippen LogP contribution in [0.2, 0.25) is 0 Å². The number of phosphoric ester groups is 2. The number of unbranched alkanes of at least 4 members (excludes halogenated alkanes) is 8. The van der Waals surface area contributed by atoms with Crippen molar-refractivity contribution in [2.75, 3.05) is 39.6 Å². The van der Waals surface area contributed by atoms with Crippen molar-refractivity contribution in [1.82, 2.24) is 0 Å². The van der Waals surface area contributed by atoms with Gasteiger partial charge in [-0.1, -0.05) is 265 Å². The highest BCUT2D eigenvalue weighted by Crippen LogP contribution is 2.45. The zero-order valence-electron chi connectivity index (χ0n) is 61.5. The molecule has 0 aliphatic carbocycles. The van der Waals surface area contributed by atoms with Crippen molar-refractivity contribution in [3.8, 4) is 0 Å². The number of aliphatic hydroxyl groups is 2. The first-order valence-electron chi connectivity index (χ1n) is 37.0. The van der Waals surface area contributed by atoms with Crippen molar-refractivity contribution in [3.05, 3.63) is 219 Å². The lowest BCUT2D eigenvalue weighted by atomic mass is 10.1. The van der Waals surface area contributed by atoms with E-state index in [-0.39, 0.29) is 19.3 Å². The topological polar surface area (TPSA) is 231 Å². The molecule has 4 N–H and O–H groups in total. The quantitative estimate of drug-likeness (QED) is 0.0146. The maximum Gasteiger partial charge on any atom is 0.472 e. The smallest absolute Gasteiger partial charge is 0.463 e. The van der Waals surface area contributed by atoms with Crippen molar-refractivity contribution in [2.45, 2.75) is 245 Å². The van der Waals surface area contributed by atoms with Gasteiger partial charge in [0, 0.05) is 19.3 Å². The zero-order chi connectivity index (χ0) is 73.7. The average molecular weight is 1440 g/mol. The van der Waals surface area contributed by atoms with E-state index in [1.807, 2.05) is 18.2 Å². The Kier molecular flexibility index (Phi) is 69.1. The van der Waals surface area contributed by atoms with Gasteiger partial charge in [-0.05, 0) is 161 Å². The van der Waals surface area contributed by atoms with Crippen molar-refractivity contribution in [3.63, 3.8) is 0 Å². The Labute approximate surface area is 609 Å². The molecule has 0 aromatic rings. The van der Waals surface area contributed by atoms with Crippen LogP contribution in [-0.4, -0.2) is 95.9 Å². The molecule has 18 heteroatoms. The summed E-state index contributed by atoms with van der Waals surface area (Å²) in [5.74, 6) is -1.75. The summed E-state index contributed by atoms with van der Waals surface area (Å²) < 4.78 is 60.9. The van der Waals surface area contributed by atoms with Crippen molar-refractivity contribution in [1.29, 1.82) is 0 Å². The summed E-state index contributed by atoms with van der Waals surface area (Å²) in [6.07, 6.45) is 98.5. The number of esters is 3. The van der Waals surface area contributed by atoms with Gasteiger partial charge in [0.2, 0.25) is 0 Å². The molecule has 0 amide bonds. The zero-order valence-corrected chi connectivity index (χ0v) is 63.3. The first-order valence-corrected chi connectivity index (χ1v) is 40.0. The predicted molar refractivity (Wildman–Crippen MR) is 417 cm³/mol. The standard InChI is InChI=1S/C83H128O16P2/c1-4-7-10-13-16-19-22-25-28-31-34-36-38-40-43-45-48-51-54-57-60-63-66-69-81(86)93-72-78(84)73-95-100(89,90)96-74-79(85)75-97-101(91,92)98-77-80(99-83(88)71-68-65-62-59-56-53-50-47-42-33-30-27-24-21-18-15-12-9-6-3)76-94-82(87)70-67-64-61-58-55-52-49-46-44-41-39-37-35-32-29-26-23-20-17-14-11-8-5-2/h7-12,16-21,25-30,34-37,40-44,47-49,51-53,56,62,65,78-80,84-85H,4-6,13-15,22-24,31-33,38-39,45-46,50,54-55,57-61,63-64,66-77H2,1-3H3,(H,89,90)(H,91,92)/b10-7-,11-8-,12-9-,19-16-,20-17-,21-18-,28-25-,29-26-,30-27-,36-34-,37-35-,43-40-,44-41-,47-42-,51-48-,52-49-,56-53-,65-62-. The molecule has 566 valence electrons. The molecule has 0 saturated heterocycles. The number of phosphoric acid groups is 2. The van der Waals surface area contributed by atoms with Gasteiger partial charge in [-0.3, -0.25) is 32.5 Å². The number of ether oxygens (including phenoxy) is 3. The van der Waals surface area contributed by atoms with E-state index in [1.54, 1.807) is 0 Å². The minimum Gasteiger partial charge on any atom is -0.463 e. The van der Waals surface area contributed by atoms with E-state index in [9.17, 15) is 43.5 Å². The summed E-state index contributed by atoms with van der Waals surface area (Å²) in [7, 11) is -9.85. The molecular formula is C83H128O16P2. The summed E-state index contributed by atoms with van der Waals surface area (Å²) >= 11 is 0. The van der Waals surface area contributed by atoms with Gasteiger partial charge in [0.15, 0.2) is 6.10 Å². The van der Waals surface area contributed by atoms with Gasteiger partial charge in [0.1, 0.15) is 25.4 Å². The van der Waals surface area contributed by atoms with E-state index in [1.165, 1.54) is 0 Å². The summed E-state index contributed by atoms with van der Waals surface area (Å²) in [6, 6.07) is 0. The highest BCUT2D eigenvalue weighted by molar-refractivity contribution is 7.47. The molecule has 0 radical (unpaired) electrons. The summed E-state index contributed by atoms with van der Waals surface area (Å²) in [5.41, 5.74) is 0. The van der Waals surface area contributed by atoms with E-state index < -0.39 is 91.5 Å². The van der Waals surface area contributed by atoms with Gasteiger partial charge >= 0.3 is 33.6 Å². The predicted octanol–water partition coefficient (Wildman–Crippen LogP) is 21.5. The molecule has 5 atom stereocenters. The van der Waals surface area contributed by atoms with Gasteiger partial charge in [0.05, 0.1) is 26.4 Å². The fraction of sp³-hybridized carbons (Fsp3) is 0.530. The number of hydrogen-bond acceptors (Lipinski definition) is 14. The maximum absolute atomic E-state index is 12.9. The molecule has 0 bridgehead atoms. The second kappa shape index (κ2) is 73.6. The van der Waals surface area contributed by atoms with Crippen LogP contribution in [0.3, 0.4) is 0 Å². The highest BCUT2D eigenvalue weighted by Gasteiger charge is 2.29. The minimum atomic E-state index is -4.97. The first-order chi connectivity index (χ1) is 49.2. The number of rotatable bonds is 67. The van der Waals surface area contributed by atoms with Gasteiger partial charge in [-0.25, -0.2) is 9.13 Å². The van der Waals surface area contributed by atoms with Gasteiger partial charge in [-0.15, -0.1) is 0 Å². The molecule has 0 saturated carbocycles. The number of carbonyl (C=O) groups is 3. The fourth-order valence-corrected chi connectivity index (χ4v) is 10.2. The van der Waals surface area contributed by atoms with E-state index in [4.69, 9.17) is 32.3 Å². The monoisotopic (exact) mass is 1440 g/mol. The Morgan fingerprint density at radius 3 is 0.812 bits per heavy atom. The Balaban J connectivity index is 4.85. The number of hydrogen-bond donors (Lipinski definition) is 4. The van der Waals surface area contributed by atoms with E-state index in [0.29, 0.717) is 25.7 Å². The molecule has 5 unspecified atom stereocenters. The molecule has 0 rings (SSSR count). The van der Waals surface area contributed by atoms with Crippen LogP contribution in [-0.2, 0) is 55.8 Å². The summed E-state index contributed by atoms with van der Waals surface area (Å²) in [6.45, 7) is 2.13. The molecule has 101 heavy (non-hydrogen) atoms. The normalized spacial score (nSPS) is 15.3. The fourth-order valence-electron chi connectivity index (χ4n) is 8.66. The van der Waals surface area contributed by atoms with Gasteiger partial charge in [-0.2, -0.15) is 0 Å². The Bertz CT molecular complexity index is 2710. The molecule has 0 aromatic carbocycles. The average Bonchev–Trinajstić information content (AvgIpc) is 1.05. The maximum atomic E-state index is 12.9. The lowest BCUT2D eigenvalue weighted by Crippen LogP contribution is -2.29. The Morgan fingerprint density at radius 1 is 0.277 bits per heavy atom. The van der Waals surface area contributed by atoms with Crippen LogP contribution in [0.4, 0.5) is 0 Å². The molecule has 0 fully saturated rings. The van der Waals surface area contributed by atoms with E-state index in [2.05, 4.69) is 221 Å². The second-order valence-electron chi connectivity index (χ2n) is 23.6. The van der Waals surface area contributed by atoms with Crippen molar-refractivity contribution >= 4 is 33.6 Å². The number of carbonyl (C=O) groups excluding carboxylic acids is 3. The first kappa shape index (κ1) is 94.9. The minimum absolute atomic E-state index is 0.0381. The Morgan fingerprint density at radius 2 is 0.515 bits per heavy atom. The molecule has 0 heterocycles.